The molecule has 0 fully saturated rings. The lowest BCUT2D eigenvalue weighted by Gasteiger charge is -2.20. The summed E-state index contributed by atoms with van der Waals surface area (Å²) >= 11 is 18.4. The Kier molecular flexibility index (Phi) is 10.9. The van der Waals surface area contributed by atoms with Gasteiger partial charge in [-0.25, -0.2) is 4.79 Å². The van der Waals surface area contributed by atoms with E-state index < -0.39 is 54.3 Å². The second-order valence-electron chi connectivity index (χ2n) is 9.07. The lowest BCUT2D eigenvalue weighted by atomic mass is 10.1. The molecule has 204 valence electrons. The molecule has 1 atom stereocenters. The number of halogens is 3. The Hall–Kier alpha value is -3.34. The van der Waals surface area contributed by atoms with E-state index in [1.807, 2.05) is 0 Å². The van der Waals surface area contributed by atoms with Crippen LogP contribution in [0.1, 0.15) is 43.1 Å². The molecule has 0 aliphatic rings. The first-order chi connectivity index (χ1) is 17.7. The van der Waals surface area contributed by atoms with Gasteiger partial charge in [-0.2, -0.15) is 0 Å². The molecule has 13 heteroatoms. The number of carbonyl (C=O) groups excluding carboxylic acids is 4. The molecule has 4 N–H and O–H groups in total. The summed E-state index contributed by atoms with van der Waals surface area (Å²) in [5, 5.41) is 16.7. The van der Waals surface area contributed by atoms with E-state index in [1.165, 1.54) is 12.1 Å². The SMILES string of the molecule is CC(C)(C)OC(=O)CC(=O)NC[C@H](NC(=O)c1c(Cl)ccc(NC(=O)Cc2cccc(Cl)c2)c1Cl)C(=O)O. The Bertz CT molecular complexity index is 1250. The maximum absolute atomic E-state index is 12.9. The normalized spacial score (nSPS) is 11.7. The van der Waals surface area contributed by atoms with Gasteiger partial charge in [0.05, 0.1) is 27.7 Å². The highest BCUT2D eigenvalue weighted by atomic mass is 35.5. The van der Waals surface area contributed by atoms with Crippen LogP contribution in [0.3, 0.4) is 0 Å². The second-order valence-corrected chi connectivity index (χ2v) is 10.3. The van der Waals surface area contributed by atoms with Gasteiger partial charge in [0.25, 0.3) is 5.91 Å². The smallest absolute Gasteiger partial charge is 0.328 e. The van der Waals surface area contributed by atoms with Crippen LogP contribution in [-0.4, -0.2) is 53.0 Å². The van der Waals surface area contributed by atoms with E-state index in [0.29, 0.717) is 10.6 Å². The number of amides is 3. The highest BCUT2D eigenvalue weighted by Gasteiger charge is 2.26. The summed E-state index contributed by atoms with van der Waals surface area (Å²) in [6, 6.07) is 7.83. The number of ether oxygens (including phenoxy) is 1. The second kappa shape index (κ2) is 13.5. The lowest BCUT2D eigenvalue weighted by Crippen LogP contribution is -2.48. The van der Waals surface area contributed by atoms with Crippen LogP contribution < -0.4 is 16.0 Å². The van der Waals surface area contributed by atoms with Crippen LogP contribution in [0, 0.1) is 0 Å². The quantitative estimate of drug-likeness (QED) is 0.244. The molecule has 0 heterocycles. The Balaban J connectivity index is 2.07. The zero-order valence-electron chi connectivity index (χ0n) is 20.7. The van der Waals surface area contributed by atoms with E-state index in [0.717, 1.165) is 0 Å². The third-order valence-corrected chi connectivity index (χ3v) is 5.62. The number of carbonyl (C=O) groups is 5. The van der Waals surface area contributed by atoms with Crippen molar-refractivity contribution < 1.29 is 33.8 Å². The number of hydrogen-bond acceptors (Lipinski definition) is 6. The van der Waals surface area contributed by atoms with Gasteiger partial charge in [0.15, 0.2) is 0 Å². The number of carboxylic acid groups (broad SMARTS) is 1. The number of anilines is 1. The molecule has 0 aliphatic heterocycles. The van der Waals surface area contributed by atoms with Crippen molar-refractivity contribution in [2.45, 2.75) is 45.3 Å². The number of esters is 1. The van der Waals surface area contributed by atoms with Crippen molar-refractivity contribution in [3.63, 3.8) is 0 Å². The Morgan fingerprint density at radius 1 is 1.00 bits per heavy atom. The van der Waals surface area contributed by atoms with Crippen molar-refractivity contribution in [2.75, 3.05) is 11.9 Å². The standard InChI is InChI=1S/C25H26Cl3N3O7/c1-25(2,3)38-20(34)11-18(32)29-12-17(24(36)37)31-23(35)21-15(27)7-8-16(22(21)28)30-19(33)10-13-5-4-6-14(26)9-13/h4-9,17H,10-12H2,1-3H3,(H,29,32)(H,30,33)(H,31,35)(H,36,37)/t17-/m0/s1. The molecule has 0 saturated heterocycles. The number of aliphatic carboxylic acids is 1. The first kappa shape index (κ1) is 30.9. The molecule has 38 heavy (non-hydrogen) atoms. The first-order valence-electron chi connectivity index (χ1n) is 11.2. The minimum absolute atomic E-state index is 0.0227. The van der Waals surface area contributed by atoms with E-state index in [9.17, 15) is 29.1 Å². The van der Waals surface area contributed by atoms with Gasteiger partial charge in [-0.3, -0.25) is 19.2 Å². The molecule has 3 amide bonds. The molecule has 2 rings (SSSR count). The van der Waals surface area contributed by atoms with Crippen LogP contribution in [0.5, 0.6) is 0 Å². The van der Waals surface area contributed by atoms with Crippen LogP contribution >= 0.6 is 34.8 Å². The van der Waals surface area contributed by atoms with E-state index in [4.69, 9.17) is 39.5 Å². The number of nitrogens with one attached hydrogen (secondary N) is 3. The molecule has 0 bridgehead atoms. The monoisotopic (exact) mass is 585 g/mol. The molecular formula is C25H26Cl3N3O7. The Labute approximate surface area is 234 Å². The highest BCUT2D eigenvalue weighted by Crippen LogP contribution is 2.32. The van der Waals surface area contributed by atoms with Crippen molar-refractivity contribution in [1.29, 1.82) is 0 Å². The van der Waals surface area contributed by atoms with Crippen molar-refractivity contribution >= 4 is 70.2 Å². The fourth-order valence-electron chi connectivity index (χ4n) is 3.10. The van der Waals surface area contributed by atoms with Crippen molar-refractivity contribution in [3.8, 4) is 0 Å². The molecule has 0 aromatic heterocycles. The zero-order valence-corrected chi connectivity index (χ0v) is 23.0. The first-order valence-corrected chi connectivity index (χ1v) is 12.3. The molecule has 2 aromatic carbocycles. The maximum atomic E-state index is 12.9. The van der Waals surface area contributed by atoms with Gasteiger partial charge in [0.2, 0.25) is 11.8 Å². The van der Waals surface area contributed by atoms with Gasteiger partial charge in [-0.1, -0.05) is 46.9 Å². The summed E-state index contributed by atoms with van der Waals surface area (Å²) in [6.45, 7) is 4.37. The van der Waals surface area contributed by atoms with E-state index >= 15 is 0 Å². The Morgan fingerprint density at radius 3 is 2.29 bits per heavy atom. The zero-order chi connectivity index (χ0) is 28.6. The predicted octanol–water partition coefficient (Wildman–Crippen LogP) is 3.86. The summed E-state index contributed by atoms with van der Waals surface area (Å²) in [5.74, 6) is -4.45. The summed E-state index contributed by atoms with van der Waals surface area (Å²) in [6.07, 6.45) is -0.655. The van der Waals surface area contributed by atoms with Crippen LogP contribution in [-0.2, 0) is 30.3 Å². The van der Waals surface area contributed by atoms with Gasteiger partial charge >= 0.3 is 11.9 Å². The Morgan fingerprint density at radius 2 is 1.68 bits per heavy atom. The van der Waals surface area contributed by atoms with E-state index in [2.05, 4.69) is 16.0 Å². The van der Waals surface area contributed by atoms with Gasteiger partial charge in [-0.05, 0) is 50.6 Å². The fourth-order valence-corrected chi connectivity index (χ4v) is 3.90. The fraction of sp³-hybridized carbons (Fsp3) is 0.320. The van der Waals surface area contributed by atoms with Crippen LogP contribution in [0.25, 0.3) is 0 Å². The average Bonchev–Trinajstić information content (AvgIpc) is 2.77. The lowest BCUT2D eigenvalue weighted by molar-refractivity contribution is -0.156. The molecule has 2 aromatic rings. The van der Waals surface area contributed by atoms with Gasteiger partial charge in [-0.15, -0.1) is 0 Å². The van der Waals surface area contributed by atoms with Gasteiger partial charge in [0.1, 0.15) is 18.1 Å². The van der Waals surface area contributed by atoms with Crippen LogP contribution in [0.15, 0.2) is 36.4 Å². The summed E-state index contributed by atoms with van der Waals surface area (Å²) in [7, 11) is 0. The van der Waals surface area contributed by atoms with Crippen LogP contribution in [0.2, 0.25) is 15.1 Å². The van der Waals surface area contributed by atoms with E-state index in [1.54, 1.807) is 45.0 Å². The van der Waals surface area contributed by atoms with Crippen LogP contribution in [0.4, 0.5) is 5.69 Å². The third kappa shape index (κ3) is 9.85. The molecule has 10 nitrogen and oxygen atoms in total. The third-order valence-electron chi connectivity index (χ3n) is 4.68. The summed E-state index contributed by atoms with van der Waals surface area (Å²) in [4.78, 5) is 60.8. The average molecular weight is 587 g/mol. The van der Waals surface area contributed by atoms with Gasteiger partial charge in [0, 0.05) is 11.6 Å². The van der Waals surface area contributed by atoms with Crippen molar-refractivity contribution in [2.24, 2.45) is 0 Å². The maximum Gasteiger partial charge on any atom is 0.328 e. The van der Waals surface area contributed by atoms with Crippen molar-refractivity contribution in [3.05, 3.63) is 62.6 Å². The number of carboxylic acids is 1. The molecular weight excluding hydrogens is 561 g/mol. The molecule has 0 aliphatic carbocycles. The van der Waals surface area contributed by atoms with Crippen molar-refractivity contribution in [1.82, 2.24) is 10.6 Å². The minimum atomic E-state index is -1.58. The number of benzene rings is 2. The largest absolute Gasteiger partial charge is 0.480 e. The van der Waals surface area contributed by atoms with E-state index in [-0.39, 0.29) is 27.7 Å². The number of rotatable bonds is 10. The molecule has 0 spiro atoms. The minimum Gasteiger partial charge on any atom is -0.480 e. The molecule has 0 unspecified atom stereocenters. The molecule has 0 saturated carbocycles. The number of hydrogen-bond donors (Lipinski definition) is 4. The molecule has 0 radical (unpaired) electrons. The highest BCUT2D eigenvalue weighted by molar-refractivity contribution is 6.41. The topological polar surface area (TPSA) is 151 Å². The predicted molar refractivity (Wildman–Crippen MR) is 143 cm³/mol. The summed E-state index contributed by atoms with van der Waals surface area (Å²) < 4.78 is 5.04. The summed E-state index contributed by atoms with van der Waals surface area (Å²) in [5.41, 5.74) is -0.349. The van der Waals surface area contributed by atoms with Gasteiger partial charge < -0.3 is 25.8 Å².